The van der Waals surface area contributed by atoms with Crippen LogP contribution in [0.15, 0.2) is 0 Å². The Morgan fingerprint density at radius 3 is 2.71 bits per heavy atom. The third-order valence-electron chi connectivity index (χ3n) is 3.54. The summed E-state index contributed by atoms with van der Waals surface area (Å²) < 4.78 is 5.27. The molecule has 2 fully saturated rings. The molecule has 3 nitrogen and oxygen atoms in total. The molecule has 0 aromatic carbocycles. The van der Waals surface area contributed by atoms with Crippen LogP contribution in [-0.2, 0) is 4.74 Å². The molecule has 2 heterocycles. The van der Waals surface area contributed by atoms with Crippen molar-refractivity contribution < 1.29 is 4.74 Å². The summed E-state index contributed by atoms with van der Waals surface area (Å²) in [5.41, 5.74) is 0. The Labute approximate surface area is 86.8 Å². The first-order chi connectivity index (χ1) is 6.78. The van der Waals surface area contributed by atoms with Gasteiger partial charge in [0.15, 0.2) is 0 Å². The number of nitrogens with zero attached hydrogens (tertiary/aromatic N) is 1. The van der Waals surface area contributed by atoms with Crippen LogP contribution in [0.3, 0.4) is 0 Å². The predicted octanol–water partition coefficient (Wildman–Crippen LogP) is 0.705. The van der Waals surface area contributed by atoms with Gasteiger partial charge in [-0.25, -0.2) is 0 Å². The van der Waals surface area contributed by atoms with E-state index >= 15 is 0 Å². The molecule has 0 aliphatic carbocycles. The first-order valence-electron chi connectivity index (χ1n) is 5.76. The van der Waals surface area contributed by atoms with Crippen molar-refractivity contribution in [3.8, 4) is 0 Å². The van der Waals surface area contributed by atoms with Gasteiger partial charge in [-0.1, -0.05) is 0 Å². The Balaban J connectivity index is 1.62. The molecule has 2 atom stereocenters. The van der Waals surface area contributed by atoms with Crippen LogP contribution in [0.4, 0.5) is 0 Å². The van der Waals surface area contributed by atoms with Crippen molar-refractivity contribution in [2.45, 2.75) is 31.9 Å². The molecule has 0 bridgehead atoms. The van der Waals surface area contributed by atoms with Gasteiger partial charge in [-0.3, -0.25) is 4.90 Å². The van der Waals surface area contributed by atoms with Crippen LogP contribution in [0.5, 0.6) is 0 Å². The highest BCUT2D eigenvalue weighted by Crippen LogP contribution is 2.19. The molecule has 1 N–H and O–H groups in total. The van der Waals surface area contributed by atoms with E-state index in [9.17, 15) is 0 Å². The number of hydrogen-bond donors (Lipinski definition) is 1. The van der Waals surface area contributed by atoms with Crippen molar-refractivity contribution in [3.05, 3.63) is 0 Å². The zero-order valence-electron chi connectivity index (χ0n) is 9.33. The predicted molar refractivity (Wildman–Crippen MR) is 57.4 cm³/mol. The largest absolute Gasteiger partial charge is 0.379 e. The Morgan fingerprint density at radius 1 is 1.36 bits per heavy atom. The molecule has 2 aliphatic heterocycles. The van der Waals surface area contributed by atoms with Gasteiger partial charge in [0, 0.05) is 32.8 Å². The summed E-state index contributed by atoms with van der Waals surface area (Å²) in [7, 11) is 1.81. The lowest BCUT2D eigenvalue weighted by molar-refractivity contribution is -0.0373. The summed E-state index contributed by atoms with van der Waals surface area (Å²) in [6.45, 7) is 7.03. The third-order valence-corrected chi connectivity index (χ3v) is 3.54. The minimum atomic E-state index is 0.505. The van der Waals surface area contributed by atoms with Crippen LogP contribution in [0.2, 0.25) is 0 Å². The van der Waals surface area contributed by atoms with Crippen LogP contribution in [0, 0.1) is 5.92 Å². The molecule has 0 radical (unpaired) electrons. The van der Waals surface area contributed by atoms with Gasteiger partial charge in [0.2, 0.25) is 0 Å². The first-order valence-corrected chi connectivity index (χ1v) is 5.76. The average molecular weight is 198 g/mol. The molecule has 2 saturated heterocycles. The highest BCUT2D eigenvalue weighted by molar-refractivity contribution is 4.84. The molecule has 2 aliphatic rings. The van der Waals surface area contributed by atoms with Gasteiger partial charge in [-0.2, -0.15) is 0 Å². The van der Waals surface area contributed by atoms with E-state index in [2.05, 4.69) is 17.1 Å². The molecule has 3 heteroatoms. The SMILES string of the molecule is COC1CN(CC2CCC(C)NC2)C1. The molecular formula is C11H22N2O. The summed E-state index contributed by atoms with van der Waals surface area (Å²) >= 11 is 0. The van der Waals surface area contributed by atoms with Crippen molar-refractivity contribution in [2.24, 2.45) is 5.92 Å². The van der Waals surface area contributed by atoms with E-state index in [4.69, 9.17) is 4.74 Å². The lowest BCUT2D eigenvalue weighted by Crippen LogP contribution is -2.54. The lowest BCUT2D eigenvalue weighted by Gasteiger charge is -2.41. The summed E-state index contributed by atoms with van der Waals surface area (Å²) in [6, 6.07) is 0.731. The molecule has 82 valence electrons. The third kappa shape index (κ3) is 2.47. The number of nitrogens with one attached hydrogen (secondary N) is 1. The fourth-order valence-corrected chi connectivity index (χ4v) is 2.40. The zero-order valence-corrected chi connectivity index (χ0v) is 9.33. The Bertz CT molecular complexity index is 172. The molecule has 0 spiro atoms. The minimum Gasteiger partial charge on any atom is -0.379 e. The van der Waals surface area contributed by atoms with Crippen LogP contribution < -0.4 is 5.32 Å². The van der Waals surface area contributed by atoms with Gasteiger partial charge in [0.1, 0.15) is 0 Å². The maximum Gasteiger partial charge on any atom is 0.0824 e. The monoisotopic (exact) mass is 198 g/mol. The van der Waals surface area contributed by atoms with Crippen LogP contribution in [-0.4, -0.2) is 50.3 Å². The number of ether oxygens (including phenoxy) is 1. The standard InChI is InChI=1S/C11H22N2O/c1-9-3-4-10(5-12-9)6-13-7-11(8-13)14-2/h9-12H,3-8H2,1-2H3. The van der Waals surface area contributed by atoms with E-state index < -0.39 is 0 Å². The van der Waals surface area contributed by atoms with Crippen molar-refractivity contribution in [1.29, 1.82) is 0 Å². The molecule has 0 amide bonds. The topological polar surface area (TPSA) is 24.5 Å². The maximum atomic E-state index is 5.27. The van der Waals surface area contributed by atoms with E-state index in [-0.39, 0.29) is 0 Å². The summed E-state index contributed by atoms with van der Waals surface area (Å²) in [6.07, 6.45) is 3.24. The highest BCUT2D eigenvalue weighted by atomic mass is 16.5. The van der Waals surface area contributed by atoms with Gasteiger partial charge in [-0.15, -0.1) is 0 Å². The van der Waals surface area contributed by atoms with Gasteiger partial charge in [0.05, 0.1) is 6.10 Å². The van der Waals surface area contributed by atoms with E-state index in [1.54, 1.807) is 0 Å². The lowest BCUT2D eigenvalue weighted by atomic mass is 9.94. The zero-order chi connectivity index (χ0) is 9.97. The van der Waals surface area contributed by atoms with Gasteiger partial charge in [-0.05, 0) is 32.2 Å². The second kappa shape index (κ2) is 4.60. The summed E-state index contributed by atoms with van der Waals surface area (Å²) in [4.78, 5) is 2.51. The molecule has 0 aromatic rings. The van der Waals surface area contributed by atoms with Gasteiger partial charge >= 0.3 is 0 Å². The second-order valence-corrected chi connectivity index (χ2v) is 4.83. The molecule has 0 saturated carbocycles. The van der Waals surface area contributed by atoms with Crippen molar-refractivity contribution in [3.63, 3.8) is 0 Å². The average Bonchev–Trinajstić information content (AvgIpc) is 2.13. The number of rotatable bonds is 3. The second-order valence-electron chi connectivity index (χ2n) is 4.83. The van der Waals surface area contributed by atoms with Crippen LogP contribution in [0.25, 0.3) is 0 Å². The van der Waals surface area contributed by atoms with E-state index in [0.29, 0.717) is 6.10 Å². The van der Waals surface area contributed by atoms with Gasteiger partial charge < -0.3 is 10.1 Å². The minimum absolute atomic E-state index is 0.505. The Hall–Kier alpha value is -0.120. The van der Waals surface area contributed by atoms with Crippen molar-refractivity contribution in [1.82, 2.24) is 10.2 Å². The number of piperidine rings is 1. The van der Waals surface area contributed by atoms with E-state index in [1.165, 1.54) is 25.9 Å². The van der Waals surface area contributed by atoms with Crippen LogP contribution in [0.1, 0.15) is 19.8 Å². The van der Waals surface area contributed by atoms with E-state index in [1.807, 2.05) is 7.11 Å². The van der Waals surface area contributed by atoms with Crippen molar-refractivity contribution >= 4 is 0 Å². The first kappa shape index (κ1) is 10.4. The maximum absolute atomic E-state index is 5.27. The number of methoxy groups -OCH3 is 1. The Kier molecular flexibility index (Phi) is 3.42. The smallest absolute Gasteiger partial charge is 0.0824 e. The summed E-state index contributed by atoms with van der Waals surface area (Å²) in [5, 5.41) is 3.55. The number of likely N-dealkylation sites (tertiary alicyclic amines) is 1. The fraction of sp³-hybridized carbons (Fsp3) is 1.00. The van der Waals surface area contributed by atoms with Crippen molar-refractivity contribution in [2.75, 3.05) is 33.3 Å². The highest BCUT2D eigenvalue weighted by Gasteiger charge is 2.29. The molecule has 14 heavy (non-hydrogen) atoms. The molecule has 2 unspecified atom stereocenters. The molecule has 2 rings (SSSR count). The Morgan fingerprint density at radius 2 is 2.14 bits per heavy atom. The quantitative estimate of drug-likeness (QED) is 0.722. The fourth-order valence-electron chi connectivity index (χ4n) is 2.40. The van der Waals surface area contributed by atoms with E-state index in [0.717, 1.165) is 25.0 Å². The molecular weight excluding hydrogens is 176 g/mol. The number of hydrogen-bond acceptors (Lipinski definition) is 3. The van der Waals surface area contributed by atoms with Gasteiger partial charge in [0.25, 0.3) is 0 Å². The normalized spacial score (nSPS) is 35.6. The molecule has 0 aromatic heterocycles. The summed E-state index contributed by atoms with van der Waals surface area (Å²) in [5.74, 6) is 0.865. The van der Waals surface area contributed by atoms with Crippen LogP contribution >= 0.6 is 0 Å².